The first-order chi connectivity index (χ1) is 8.84. The van der Waals surface area contributed by atoms with E-state index in [1.807, 2.05) is 0 Å². The largest absolute Gasteiger partial charge is 0.299 e. The molecule has 0 N–H and O–H groups in total. The highest BCUT2D eigenvalue weighted by Crippen LogP contribution is 2.56. The average Bonchev–Trinajstić information content (AvgIpc) is 2.86. The van der Waals surface area contributed by atoms with Gasteiger partial charge in [-0.25, -0.2) is 0 Å². The highest BCUT2D eigenvalue weighted by Gasteiger charge is 2.52. The molecule has 0 heterocycles. The first-order valence-corrected chi connectivity index (χ1v) is 8.37. The summed E-state index contributed by atoms with van der Waals surface area (Å²) < 4.78 is 0. The molecule has 0 amide bonds. The molecule has 0 aliphatic heterocycles. The zero-order chi connectivity index (χ0) is 12.1. The van der Waals surface area contributed by atoms with Crippen LogP contribution in [0.25, 0.3) is 0 Å². The lowest BCUT2D eigenvalue weighted by Gasteiger charge is -2.50. The topological polar surface area (TPSA) is 17.1 Å². The maximum atomic E-state index is 12.6. The Labute approximate surface area is 111 Å². The Bertz CT molecular complexity index is 348. The van der Waals surface area contributed by atoms with Gasteiger partial charge in [-0.15, -0.1) is 0 Å². The van der Waals surface area contributed by atoms with E-state index in [2.05, 4.69) is 0 Å². The van der Waals surface area contributed by atoms with E-state index in [-0.39, 0.29) is 0 Å². The Morgan fingerprint density at radius 2 is 1.44 bits per heavy atom. The highest BCUT2D eigenvalue weighted by atomic mass is 16.1. The molecule has 1 nitrogen and oxygen atoms in total. The number of carbonyl (C=O) groups is 1. The average molecular weight is 246 g/mol. The van der Waals surface area contributed by atoms with Crippen LogP contribution in [-0.2, 0) is 4.79 Å². The summed E-state index contributed by atoms with van der Waals surface area (Å²) in [6.45, 7) is 0. The molecule has 0 radical (unpaired) electrons. The maximum Gasteiger partial charge on any atom is 0.136 e. The van der Waals surface area contributed by atoms with Crippen molar-refractivity contribution < 1.29 is 4.79 Å². The van der Waals surface area contributed by atoms with Gasteiger partial charge in [0.05, 0.1) is 0 Å². The fraction of sp³-hybridized carbons (Fsp3) is 0.941. The summed E-state index contributed by atoms with van der Waals surface area (Å²) in [5.41, 5.74) is 0. The molecule has 4 saturated carbocycles. The zero-order valence-corrected chi connectivity index (χ0v) is 11.4. The van der Waals surface area contributed by atoms with Gasteiger partial charge in [0.15, 0.2) is 0 Å². The fourth-order valence-electron chi connectivity index (χ4n) is 6.21. The lowest BCUT2D eigenvalue weighted by atomic mass is 9.53. The van der Waals surface area contributed by atoms with E-state index in [0.29, 0.717) is 11.7 Å². The molecule has 0 aromatic rings. The van der Waals surface area contributed by atoms with E-state index in [0.717, 1.165) is 36.0 Å². The van der Waals surface area contributed by atoms with E-state index in [4.69, 9.17) is 0 Å². The second-order valence-electron chi connectivity index (χ2n) is 7.50. The summed E-state index contributed by atoms with van der Waals surface area (Å²) in [6, 6.07) is 0. The fourth-order valence-corrected chi connectivity index (χ4v) is 6.21. The quantitative estimate of drug-likeness (QED) is 0.626. The first kappa shape index (κ1) is 11.5. The molecule has 0 bridgehead atoms. The second-order valence-corrected chi connectivity index (χ2v) is 7.50. The Hall–Kier alpha value is -0.330. The molecule has 4 aliphatic carbocycles. The molecule has 100 valence electrons. The van der Waals surface area contributed by atoms with Crippen molar-refractivity contribution >= 4 is 5.78 Å². The molecule has 0 aromatic carbocycles. The number of fused-ring (bicyclic) bond motifs is 5. The number of hydrogen-bond donors (Lipinski definition) is 0. The molecule has 0 aromatic heterocycles. The van der Waals surface area contributed by atoms with Crippen LogP contribution >= 0.6 is 0 Å². The molecule has 0 saturated heterocycles. The molecule has 18 heavy (non-hydrogen) atoms. The van der Waals surface area contributed by atoms with Crippen LogP contribution in [-0.4, -0.2) is 5.78 Å². The third kappa shape index (κ3) is 1.62. The van der Waals surface area contributed by atoms with Crippen LogP contribution in [0.5, 0.6) is 0 Å². The third-order valence-corrected chi connectivity index (χ3v) is 6.86. The lowest BCUT2D eigenvalue weighted by molar-refractivity contribution is -0.139. The molecular weight excluding hydrogens is 220 g/mol. The van der Waals surface area contributed by atoms with Crippen molar-refractivity contribution in [3.8, 4) is 0 Å². The monoisotopic (exact) mass is 246 g/mol. The van der Waals surface area contributed by atoms with Crippen LogP contribution in [0.15, 0.2) is 0 Å². The van der Waals surface area contributed by atoms with Gasteiger partial charge in [0, 0.05) is 12.3 Å². The van der Waals surface area contributed by atoms with E-state index in [9.17, 15) is 4.79 Å². The highest BCUT2D eigenvalue weighted by molar-refractivity contribution is 5.83. The first-order valence-electron chi connectivity index (χ1n) is 8.37. The van der Waals surface area contributed by atoms with Crippen LogP contribution in [0.1, 0.15) is 64.2 Å². The van der Waals surface area contributed by atoms with E-state index in [1.54, 1.807) is 0 Å². The molecule has 6 atom stereocenters. The minimum atomic E-state index is 0.505. The molecule has 4 fully saturated rings. The number of Topliss-reactive ketones (excluding diaryl/α,β-unsaturated/α-hetero) is 1. The van der Waals surface area contributed by atoms with E-state index >= 15 is 0 Å². The summed E-state index contributed by atoms with van der Waals surface area (Å²) in [4.78, 5) is 12.6. The predicted octanol–water partition coefficient (Wildman–Crippen LogP) is 4.21. The molecule has 0 spiro atoms. The van der Waals surface area contributed by atoms with Crippen molar-refractivity contribution in [2.24, 2.45) is 35.5 Å². The summed E-state index contributed by atoms with van der Waals surface area (Å²) in [5.74, 6) is 5.43. The van der Waals surface area contributed by atoms with Crippen LogP contribution in [0, 0.1) is 35.5 Å². The SMILES string of the molecule is O=C1CC2CCCCC2C2CCC3CCCC3C12. The van der Waals surface area contributed by atoms with Crippen LogP contribution < -0.4 is 0 Å². The van der Waals surface area contributed by atoms with Gasteiger partial charge < -0.3 is 0 Å². The Balaban J connectivity index is 1.63. The Morgan fingerprint density at radius 3 is 2.39 bits per heavy atom. The van der Waals surface area contributed by atoms with Gasteiger partial charge in [-0.3, -0.25) is 4.79 Å². The van der Waals surface area contributed by atoms with Crippen LogP contribution in [0.3, 0.4) is 0 Å². The van der Waals surface area contributed by atoms with Crippen molar-refractivity contribution in [1.29, 1.82) is 0 Å². The Morgan fingerprint density at radius 1 is 0.667 bits per heavy atom. The van der Waals surface area contributed by atoms with Crippen molar-refractivity contribution in [2.75, 3.05) is 0 Å². The van der Waals surface area contributed by atoms with Gasteiger partial charge in [-0.2, -0.15) is 0 Å². The van der Waals surface area contributed by atoms with E-state index in [1.165, 1.54) is 57.8 Å². The zero-order valence-electron chi connectivity index (χ0n) is 11.4. The van der Waals surface area contributed by atoms with Gasteiger partial charge in [0.25, 0.3) is 0 Å². The summed E-state index contributed by atoms with van der Waals surface area (Å²) >= 11 is 0. The van der Waals surface area contributed by atoms with Crippen molar-refractivity contribution in [3.05, 3.63) is 0 Å². The van der Waals surface area contributed by atoms with Crippen molar-refractivity contribution in [2.45, 2.75) is 64.2 Å². The van der Waals surface area contributed by atoms with Gasteiger partial charge in [0.2, 0.25) is 0 Å². The number of rotatable bonds is 0. The summed E-state index contributed by atoms with van der Waals surface area (Å²) in [7, 11) is 0. The van der Waals surface area contributed by atoms with E-state index < -0.39 is 0 Å². The normalized spacial score (nSPS) is 51.4. The Kier molecular flexibility index (Phi) is 2.78. The summed E-state index contributed by atoms with van der Waals surface area (Å²) in [5, 5.41) is 0. The molecular formula is C17H26O. The van der Waals surface area contributed by atoms with Crippen LogP contribution in [0.2, 0.25) is 0 Å². The van der Waals surface area contributed by atoms with Gasteiger partial charge in [-0.1, -0.05) is 25.7 Å². The molecule has 1 heteroatoms. The maximum absolute atomic E-state index is 12.6. The van der Waals surface area contributed by atoms with Crippen molar-refractivity contribution in [1.82, 2.24) is 0 Å². The molecule has 4 aliphatic rings. The number of hydrogen-bond acceptors (Lipinski definition) is 1. The predicted molar refractivity (Wildman–Crippen MR) is 72.1 cm³/mol. The smallest absolute Gasteiger partial charge is 0.136 e. The van der Waals surface area contributed by atoms with Gasteiger partial charge >= 0.3 is 0 Å². The van der Waals surface area contributed by atoms with Gasteiger partial charge in [-0.05, 0) is 61.7 Å². The van der Waals surface area contributed by atoms with Crippen LogP contribution in [0.4, 0.5) is 0 Å². The molecule has 4 rings (SSSR count). The molecule has 6 unspecified atom stereocenters. The third-order valence-electron chi connectivity index (χ3n) is 6.86. The van der Waals surface area contributed by atoms with Gasteiger partial charge in [0.1, 0.15) is 5.78 Å². The standard InChI is InChI=1S/C17H26O/c18-16-10-12-4-1-2-6-13(12)15-9-8-11-5-3-7-14(11)17(15)16/h11-15,17H,1-10H2. The van der Waals surface area contributed by atoms with Crippen molar-refractivity contribution in [3.63, 3.8) is 0 Å². The minimum Gasteiger partial charge on any atom is -0.299 e. The summed E-state index contributed by atoms with van der Waals surface area (Å²) in [6.07, 6.45) is 13.6. The minimum absolute atomic E-state index is 0.505. The number of carbonyl (C=O) groups excluding carboxylic acids is 1. The lowest BCUT2D eigenvalue weighted by Crippen LogP contribution is -2.48. The second kappa shape index (κ2) is 4.35. The number of ketones is 1.